The van der Waals surface area contributed by atoms with Crippen LogP contribution in [-0.4, -0.2) is 15.0 Å². The van der Waals surface area contributed by atoms with E-state index in [0.717, 1.165) is 0 Å². The lowest BCUT2D eigenvalue weighted by Gasteiger charge is -2.00. The largest absolute Gasteiger partial charge is 0.354 e. The monoisotopic (exact) mass is 359 g/mol. The number of H-pyrrole nitrogens is 3. The molecule has 0 aliphatic heterocycles. The van der Waals surface area contributed by atoms with Crippen molar-refractivity contribution in [2.24, 2.45) is 0 Å². The van der Waals surface area contributed by atoms with E-state index < -0.39 is 0 Å². The molecule has 28 heavy (non-hydrogen) atoms. The van der Waals surface area contributed by atoms with Crippen molar-refractivity contribution in [1.82, 2.24) is 15.0 Å². The molecule has 0 amide bonds. The highest BCUT2D eigenvalue weighted by atomic mass is 14.8. The number of hydrogen-bond donors (Lipinski definition) is 3. The second-order valence-electron chi connectivity index (χ2n) is 7.77. The summed E-state index contributed by atoms with van der Waals surface area (Å²) in [6.45, 7) is 2.14. The first kappa shape index (κ1) is 14.4. The van der Waals surface area contributed by atoms with Gasteiger partial charge in [0, 0.05) is 48.9 Å². The Labute approximate surface area is 160 Å². The predicted molar refractivity (Wildman–Crippen MR) is 119 cm³/mol. The van der Waals surface area contributed by atoms with E-state index in [4.69, 9.17) is 0 Å². The van der Waals surface area contributed by atoms with Gasteiger partial charge < -0.3 is 15.0 Å². The van der Waals surface area contributed by atoms with Gasteiger partial charge >= 0.3 is 0 Å². The van der Waals surface area contributed by atoms with E-state index in [1.54, 1.807) is 0 Å². The molecule has 0 unspecified atom stereocenters. The Hall–Kier alpha value is -3.72. The molecule has 0 aliphatic carbocycles. The lowest BCUT2D eigenvalue weighted by molar-refractivity contribution is 1.48. The van der Waals surface area contributed by atoms with Gasteiger partial charge in [0.15, 0.2) is 0 Å². The molecule has 0 radical (unpaired) electrons. The van der Waals surface area contributed by atoms with Crippen molar-refractivity contribution in [3.05, 3.63) is 72.3 Å². The molecule has 7 aromatic rings. The van der Waals surface area contributed by atoms with Gasteiger partial charge in [-0.15, -0.1) is 0 Å². The van der Waals surface area contributed by atoms with Crippen molar-refractivity contribution < 1.29 is 0 Å². The maximum Gasteiger partial charge on any atom is 0.0588 e. The number of benzene rings is 4. The van der Waals surface area contributed by atoms with Gasteiger partial charge in [0.1, 0.15) is 0 Å². The molecule has 3 heteroatoms. The molecule has 0 saturated carbocycles. The van der Waals surface area contributed by atoms with Crippen LogP contribution in [0.4, 0.5) is 0 Å². The van der Waals surface area contributed by atoms with E-state index in [-0.39, 0.29) is 0 Å². The summed E-state index contributed by atoms with van der Waals surface area (Å²) in [6, 6.07) is 23.9. The molecule has 0 atom stereocenters. The molecule has 0 saturated heterocycles. The lowest BCUT2D eigenvalue weighted by Crippen LogP contribution is -1.77. The highest BCUT2D eigenvalue weighted by Crippen LogP contribution is 2.43. The van der Waals surface area contributed by atoms with E-state index >= 15 is 0 Å². The van der Waals surface area contributed by atoms with E-state index in [1.165, 1.54) is 71.0 Å². The van der Waals surface area contributed by atoms with E-state index in [9.17, 15) is 0 Å². The molecule has 7 rings (SSSR count). The van der Waals surface area contributed by atoms with Crippen molar-refractivity contribution in [3.63, 3.8) is 0 Å². The third kappa shape index (κ3) is 1.61. The number of aromatic nitrogens is 3. The van der Waals surface area contributed by atoms with Gasteiger partial charge in [0.2, 0.25) is 0 Å². The highest BCUT2D eigenvalue weighted by Gasteiger charge is 2.20. The van der Waals surface area contributed by atoms with Gasteiger partial charge in [-0.3, -0.25) is 0 Å². The van der Waals surface area contributed by atoms with E-state index in [2.05, 4.69) is 88.6 Å². The zero-order chi connectivity index (χ0) is 18.4. The molecule has 3 heterocycles. The van der Waals surface area contributed by atoms with Crippen molar-refractivity contribution in [2.75, 3.05) is 0 Å². The fraction of sp³-hybridized carbons (Fsp3) is 0.0400. The maximum absolute atomic E-state index is 3.74. The minimum absolute atomic E-state index is 1.17. The summed E-state index contributed by atoms with van der Waals surface area (Å²) in [7, 11) is 0. The molecule has 0 bridgehead atoms. The average Bonchev–Trinajstić information content (AvgIpc) is 3.37. The van der Waals surface area contributed by atoms with Crippen LogP contribution in [0.15, 0.2) is 66.7 Å². The molecule has 3 N–H and O–H groups in total. The normalized spacial score (nSPS) is 12.5. The Bertz CT molecular complexity index is 1720. The summed E-state index contributed by atoms with van der Waals surface area (Å²) in [4.78, 5) is 11.2. The first-order valence-electron chi connectivity index (χ1n) is 9.64. The van der Waals surface area contributed by atoms with Crippen LogP contribution >= 0.6 is 0 Å². The lowest BCUT2D eigenvalue weighted by atomic mass is 10.0. The Morgan fingerprint density at radius 2 is 0.964 bits per heavy atom. The quantitative estimate of drug-likeness (QED) is 0.264. The van der Waals surface area contributed by atoms with Crippen LogP contribution < -0.4 is 0 Å². The van der Waals surface area contributed by atoms with Gasteiger partial charge in [-0.25, -0.2) is 0 Å². The number of nitrogens with one attached hydrogen (secondary N) is 3. The zero-order valence-corrected chi connectivity index (χ0v) is 15.4. The minimum Gasteiger partial charge on any atom is -0.354 e. The summed E-state index contributed by atoms with van der Waals surface area (Å²) >= 11 is 0. The summed E-state index contributed by atoms with van der Waals surface area (Å²) in [5.41, 5.74) is 8.40. The Balaban J connectivity index is 1.93. The maximum atomic E-state index is 3.74. The van der Waals surface area contributed by atoms with Crippen molar-refractivity contribution in [2.45, 2.75) is 6.92 Å². The molecule has 3 nitrogen and oxygen atoms in total. The zero-order valence-electron chi connectivity index (χ0n) is 15.4. The number of para-hydroxylation sites is 2. The fourth-order valence-electron chi connectivity index (χ4n) is 4.94. The molecule has 0 aliphatic rings. The third-order valence-electron chi connectivity index (χ3n) is 6.12. The van der Waals surface area contributed by atoms with Crippen LogP contribution in [0.2, 0.25) is 0 Å². The third-order valence-corrected chi connectivity index (χ3v) is 6.12. The molecular formula is C25H17N3. The summed E-state index contributed by atoms with van der Waals surface area (Å²) < 4.78 is 0. The predicted octanol–water partition coefficient (Wildman–Crippen LogP) is 6.90. The van der Waals surface area contributed by atoms with Gasteiger partial charge in [-0.1, -0.05) is 48.5 Å². The topological polar surface area (TPSA) is 47.4 Å². The molecule has 0 fully saturated rings. The second kappa shape index (κ2) is 4.76. The van der Waals surface area contributed by atoms with Gasteiger partial charge in [-0.05, 0) is 30.7 Å². The second-order valence-corrected chi connectivity index (χ2v) is 7.77. The number of aryl methyl sites for hydroxylation is 1. The van der Waals surface area contributed by atoms with Crippen LogP contribution in [0.25, 0.3) is 65.4 Å². The smallest absolute Gasteiger partial charge is 0.0588 e. The van der Waals surface area contributed by atoms with Gasteiger partial charge in [-0.2, -0.15) is 0 Å². The van der Waals surface area contributed by atoms with Crippen molar-refractivity contribution in [1.29, 1.82) is 0 Å². The van der Waals surface area contributed by atoms with Crippen molar-refractivity contribution >= 4 is 65.4 Å². The molecule has 0 spiro atoms. The van der Waals surface area contributed by atoms with Gasteiger partial charge in [0.25, 0.3) is 0 Å². The first-order chi connectivity index (χ1) is 13.8. The fourth-order valence-corrected chi connectivity index (χ4v) is 4.94. The van der Waals surface area contributed by atoms with Crippen LogP contribution in [-0.2, 0) is 0 Å². The van der Waals surface area contributed by atoms with Gasteiger partial charge in [0.05, 0.1) is 16.6 Å². The Morgan fingerprint density at radius 3 is 1.54 bits per heavy atom. The summed E-state index contributed by atoms with van der Waals surface area (Å²) in [5.74, 6) is 0. The molecule has 3 aromatic heterocycles. The number of aromatic amines is 3. The summed E-state index contributed by atoms with van der Waals surface area (Å²) in [6.07, 6.45) is 0. The summed E-state index contributed by atoms with van der Waals surface area (Å²) in [5, 5.41) is 7.62. The van der Waals surface area contributed by atoms with E-state index in [1.807, 2.05) is 0 Å². The molecule has 4 aromatic carbocycles. The van der Waals surface area contributed by atoms with Crippen LogP contribution in [0.5, 0.6) is 0 Å². The molecular weight excluding hydrogens is 342 g/mol. The number of hydrogen-bond acceptors (Lipinski definition) is 0. The SMILES string of the molecule is Cc1ccc2c(c1)[nH]c1c3c4ccccc4[nH]c3c3c4ccccc4[nH]c3c21. The van der Waals surface area contributed by atoms with Crippen LogP contribution in [0.1, 0.15) is 5.56 Å². The number of rotatable bonds is 0. The van der Waals surface area contributed by atoms with Crippen LogP contribution in [0.3, 0.4) is 0 Å². The Kier molecular flexibility index (Phi) is 2.44. The first-order valence-corrected chi connectivity index (χ1v) is 9.64. The minimum atomic E-state index is 1.17. The standard InChI is InChI=1S/C25H17N3/c1-13-10-11-16-19(12-13)28-25-21-15-7-3-5-9-18(15)26-23(21)20-14-6-2-4-8-17(14)27-24(20)22(16)25/h2-12,26-28H,1H3. The van der Waals surface area contributed by atoms with E-state index in [0.29, 0.717) is 0 Å². The van der Waals surface area contributed by atoms with Crippen LogP contribution in [0, 0.1) is 6.92 Å². The highest BCUT2D eigenvalue weighted by molar-refractivity contribution is 6.38. The number of fused-ring (bicyclic) bond motifs is 12. The van der Waals surface area contributed by atoms with Crippen molar-refractivity contribution in [3.8, 4) is 0 Å². The average molecular weight is 359 g/mol. The molecule has 132 valence electrons. The Morgan fingerprint density at radius 1 is 0.500 bits per heavy atom.